The second kappa shape index (κ2) is 5.80. The van der Waals surface area contributed by atoms with Crippen molar-refractivity contribution in [1.29, 1.82) is 0 Å². The van der Waals surface area contributed by atoms with E-state index in [0.29, 0.717) is 5.69 Å². The second-order valence-corrected chi connectivity index (χ2v) is 6.44. The summed E-state index contributed by atoms with van der Waals surface area (Å²) in [4.78, 5) is 11.5. The second-order valence-electron chi connectivity index (χ2n) is 4.79. The first kappa shape index (κ1) is 16.4. The fourth-order valence-corrected chi connectivity index (χ4v) is 3.41. The summed E-state index contributed by atoms with van der Waals surface area (Å²) in [7, 11) is -1.17. The van der Waals surface area contributed by atoms with Crippen LogP contribution in [0.4, 0.5) is 5.82 Å². The van der Waals surface area contributed by atoms with Crippen LogP contribution in [-0.4, -0.2) is 37.3 Å². The highest BCUT2D eigenvalue weighted by atomic mass is 32.2. The third-order valence-corrected chi connectivity index (χ3v) is 4.58. The summed E-state index contributed by atoms with van der Waals surface area (Å²) < 4.78 is 33.0. The number of hydrogen-bond acceptors (Lipinski definition) is 6. The first-order valence-electron chi connectivity index (χ1n) is 6.01. The van der Waals surface area contributed by atoms with Gasteiger partial charge in [-0.1, -0.05) is 13.8 Å². The highest BCUT2D eigenvalue weighted by Crippen LogP contribution is 2.22. The van der Waals surface area contributed by atoms with Crippen LogP contribution in [0.25, 0.3) is 0 Å². The number of methoxy groups -OCH3 is 1. The lowest BCUT2D eigenvalue weighted by Crippen LogP contribution is -2.45. The standard InChI is InChI=1S/C11H20N4O4S/c1-6(2)8(11(16)19-5)14-20(17,18)9-7(3)15(4)13-10(9)12/h6,8,14H,1-5H3,(H2,12,13). The number of anilines is 1. The van der Waals surface area contributed by atoms with Crippen molar-refractivity contribution in [1.82, 2.24) is 14.5 Å². The predicted molar refractivity (Wildman–Crippen MR) is 73.3 cm³/mol. The van der Waals surface area contributed by atoms with E-state index in [1.807, 2.05) is 0 Å². The lowest BCUT2D eigenvalue weighted by Gasteiger charge is -2.19. The number of nitrogens with zero attached hydrogens (tertiary/aromatic N) is 2. The minimum atomic E-state index is -3.96. The molecule has 114 valence electrons. The van der Waals surface area contributed by atoms with Gasteiger partial charge in [0.25, 0.3) is 0 Å². The van der Waals surface area contributed by atoms with Crippen molar-refractivity contribution >= 4 is 21.8 Å². The summed E-state index contributed by atoms with van der Waals surface area (Å²) in [6, 6.07) is -0.982. The molecule has 8 nitrogen and oxygen atoms in total. The molecule has 0 saturated heterocycles. The van der Waals surface area contributed by atoms with Crippen LogP contribution < -0.4 is 10.5 Å². The van der Waals surface area contributed by atoms with Crippen molar-refractivity contribution in [2.75, 3.05) is 12.8 Å². The van der Waals surface area contributed by atoms with Gasteiger partial charge in [0.1, 0.15) is 10.9 Å². The van der Waals surface area contributed by atoms with Crippen molar-refractivity contribution in [2.24, 2.45) is 13.0 Å². The zero-order valence-corrected chi connectivity index (χ0v) is 13.0. The molecule has 0 aliphatic carbocycles. The fraction of sp³-hybridized carbons (Fsp3) is 0.636. The van der Waals surface area contributed by atoms with Gasteiger partial charge in [-0.2, -0.15) is 9.82 Å². The van der Waals surface area contributed by atoms with Crippen molar-refractivity contribution in [3.05, 3.63) is 5.69 Å². The highest BCUT2D eigenvalue weighted by molar-refractivity contribution is 7.89. The van der Waals surface area contributed by atoms with E-state index < -0.39 is 22.0 Å². The van der Waals surface area contributed by atoms with E-state index in [4.69, 9.17) is 5.73 Å². The Morgan fingerprint density at radius 1 is 1.45 bits per heavy atom. The van der Waals surface area contributed by atoms with E-state index in [9.17, 15) is 13.2 Å². The number of nitrogens with two attached hydrogens (primary N) is 1. The molecule has 0 bridgehead atoms. The average molecular weight is 304 g/mol. The molecule has 0 fully saturated rings. The molecule has 1 heterocycles. The van der Waals surface area contributed by atoms with E-state index in [-0.39, 0.29) is 16.6 Å². The summed E-state index contributed by atoms with van der Waals surface area (Å²) in [5.74, 6) is -1.02. The molecule has 1 unspecified atom stereocenters. The number of hydrogen-bond donors (Lipinski definition) is 2. The molecule has 0 radical (unpaired) electrons. The number of rotatable bonds is 5. The Morgan fingerprint density at radius 3 is 2.35 bits per heavy atom. The van der Waals surface area contributed by atoms with Crippen LogP contribution in [0.3, 0.4) is 0 Å². The summed E-state index contributed by atoms with van der Waals surface area (Å²) in [6.45, 7) is 5.01. The van der Waals surface area contributed by atoms with Crippen molar-refractivity contribution in [2.45, 2.75) is 31.7 Å². The molecule has 1 aromatic rings. The number of aromatic nitrogens is 2. The number of nitrogen functional groups attached to an aromatic ring is 1. The molecular formula is C11H20N4O4S. The number of carbonyl (C=O) groups is 1. The van der Waals surface area contributed by atoms with Crippen LogP contribution in [0.15, 0.2) is 4.90 Å². The van der Waals surface area contributed by atoms with Gasteiger partial charge in [-0.25, -0.2) is 8.42 Å². The van der Waals surface area contributed by atoms with Gasteiger partial charge in [-0.3, -0.25) is 9.48 Å². The van der Waals surface area contributed by atoms with Gasteiger partial charge < -0.3 is 10.5 Å². The number of nitrogens with one attached hydrogen (secondary N) is 1. The van der Waals surface area contributed by atoms with Gasteiger partial charge in [-0.15, -0.1) is 0 Å². The largest absolute Gasteiger partial charge is 0.468 e. The molecule has 20 heavy (non-hydrogen) atoms. The number of esters is 1. The van der Waals surface area contributed by atoms with Crippen LogP contribution in [-0.2, 0) is 26.6 Å². The quantitative estimate of drug-likeness (QED) is 0.727. The van der Waals surface area contributed by atoms with Gasteiger partial charge in [0.05, 0.1) is 12.8 Å². The molecule has 1 atom stereocenters. The fourth-order valence-electron chi connectivity index (χ4n) is 1.76. The third kappa shape index (κ3) is 3.10. The lowest BCUT2D eigenvalue weighted by atomic mass is 10.1. The molecule has 1 rings (SSSR count). The molecular weight excluding hydrogens is 284 g/mol. The average Bonchev–Trinajstić information content (AvgIpc) is 2.59. The van der Waals surface area contributed by atoms with Crippen LogP contribution in [0.1, 0.15) is 19.5 Å². The monoisotopic (exact) mass is 304 g/mol. The van der Waals surface area contributed by atoms with Crippen LogP contribution in [0.5, 0.6) is 0 Å². The van der Waals surface area contributed by atoms with Gasteiger partial charge in [-0.05, 0) is 12.8 Å². The van der Waals surface area contributed by atoms with Crippen LogP contribution >= 0.6 is 0 Å². The number of aryl methyl sites for hydroxylation is 1. The molecule has 0 aliphatic heterocycles. The maximum absolute atomic E-state index is 12.4. The Hall–Kier alpha value is -1.61. The van der Waals surface area contributed by atoms with E-state index in [0.717, 1.165) is 0 Å². The first-order valence-corrected chi connectivity index (χ1v) is 7.49. The smallest absolute Gasteiger partial charge is 0.324 e. The zero-order chi connectivity index (χ0) is 15.7. The SMILES string of the molecule is COC(=O)C(NS(=O)(=O)c1c(N)nn(C)c1C)C(C)C. The molecule has 0 amide bonds. The maximum Gasteiger partial charge on any atom is 0.324 e. The summed E-state index contributed by atoms with van der Waals surface area (Å²) in [5, 5.41) is 3.85. The first-order chi connectivity index (χ1) is 9.11. The van der Waals surface area contributed by atoms with Crippen molar-refractivity contribution in [3.8, 4) is 0 Å². The van der Waals surface area contributed by atoms with Gasteiger partial charge in [0, 0.05) is 7.05 Å². The number of sulfonamides is 1. The van der Waals surface area contributed by atoms with E-state index in [2.05, 4.69) is 14.6 Å². The summed E-state index contributed by atoms with van der Waals surface area (Å²) in [6.07, 6.45) is 0. The Bertz CT molecular complexity index is 606. The predicted octanol–water partition coefficient (Wildman–Crippen LogP) is -0.213. The molecule has 0 saturated carbocycles. The summed E-state index contributed by atoms with van der Waals surface area (Å²) >= 11 is 0. The van der Waals surface area contributed by atoms with Crippen molar-refractivity contribution in [3.63, 3.8) is 0 Å². The molecule has 0 aromatic carbocycles. The van der Waals surface area contributed by atoms with E-state index >= 15 is 0 Å². The van der Waals surface area contributed by atoms with Gasteiger partial charge >= 0.3 is 5.97 Å². The topological polar surface area (TPSA) is 116 Å². The molecule has 0 spiro atoms. The summed E-state index contributed by atoms with van der Waals surface area (Å²) in [5.41, 5.74) is 6.01. The molecule has 0 aliphatic rings. The normalized spacial score (nSPS) is 13.5. The van der Waals surface area contributed by atoms with Crippen LogP contribution in [0.2, 0.25) is 0 Å². The molecule has 9 heteroatoms. The number of ether oxygens (including phenoxy) is 1. The Balaban J connectivity index is 3.20. The zero-order valence-electron chi connectivity index (χ0n) is 12.2. The van der Waals surface area contributed by atoms with Crippen LogP contribution in [0, 0.1) is 12.8 Å². The lowest BCUT2D eigenvalue weighted by molar-refractivity contribution is -0.143. The minimum absolute atomic E-state index is 0.107. The van der Waals surface area contributed by atoms with Gasteiger partial charge in [0.2, 0.25) is 10.0 Å². The molecule has 3 N–H and O–H groups in total. The maximum atomic E-state index is 12.4. The number of carbonyl (C=O) groups excluding carboxylic acids is 1. The van der Waals surface area contributed by atoms with Gasteiger partial charge in [0.15, 0.2) is 5.82 Å². The Labute approximate surface area is 118 Å². The minimum Gasteiger partial charge on any atom is -0.468 e. The third-order valence-electron chi connectivity index (χ3n) is 2.98. The van der Waals surface area contributed by atoms with Crippen molar-refractivity contribution < 1.29 is 17.9 Å². The van der Waals surface area contributed by atoms with E-state index in [1.54, 1.807) is 27.8 Å². The Morgan fingerprint density at radius 2 is 2.00 bits per heavy atom. The van der Waals surface area contributed by atoms with E-state index in [1.165, 1.54) is 11.8 Å². The highest BCUT2D eigenvalue weighted by Gasteiger charge is 2.32. The molecule has 1 aromatic heterocycles. The Kier molecular flexibility index (Phi) is 4.77.